The number of morpholine rings is 1. The SMILES string of the molecule is Cn1cc(-c2ccc(O)c3c2C[C@H]2C[C@H]4[C@@H](N5CCOCC5)C(=O)C(C(N)=O)=C(O)[C@@]4(O)C(=O)C2=C3O)nn1. The molecular formula is C26H27N5O8. The molecule has 4 aliphatic rings. The number of aliphatic hydroxyl groups is 3. The molecule has 1 saturated carbocycles. The first kappa shape index (κ1) is 25.2. The molecule has 13 heteroatoms. The van der Waals surface area contributed by atoms with Crippen molar-refractivity contribution in [1.29, 1.82) is 0 Å². The zero-order valence-electron chi connectivity index (χ0n) is 21.0. The van der Waals surface area contributed by atoms with Gasteiger partial charge in [0.25, 0.3) is 5.91 Å². The highest BCUT2D eigenvalue weighted by Gasteiger charge is 2.64. The van der Waals surface area contributed by atoms with E-state index in [1.165, 1.54) is 10.7 Å². The van der Waals surface area contributed by atoms with E-state index in [1.807, 2.05) is 0 Å². The number of hydrogen-bond acceptors (Lipinski definition) is 11. The van der Waals surface area contributed by atoms with Gasteiger partial charge in [-0.3, -0.25) is 24.0 Å². The van der Waals surface area contributed by atoms with Crippen molar-refractivity contribution in [2.45, 2.75) is 24.5 Å². The summed E-state index contributed by atoms with van der Waals surface area (Å²) in [4.78, 5) is 41.6. The monoisotopic (exact) mass is 537 g/mol. The molecule has 39 heavy (non-hydrogen) atoms. The second-order valence-electron chi connectivity index (χ2n) is 10.4. The fraction of sp³-hybridized carbons (Fsp3) is 0.423. The normalized spacial score (nSPS) is 29.2. The largest absolute Gasteiger partial charge is 0.508 e. The van der Waals surface area contributed by atoms with Crippen molar-refractivity contribution in [3.8, 4) is 17.0 Å². The average Bonchev–Trinajstić information content (AvgIpc) is 3.32. The number of aryl methyl sites for hydroxylation is 1. The van der Waals surface area contributed by atoms with Gasteiger partial charge in [0.05, 0.1) is 31.0 Å². The smallest absolute Gasteiger partial charge is 0.255 e. The van der Waals surface area contributed by atoms with E-state index in [2.05, 4.69) is 10.3 Å². The number of aromatic hydroxyl groups is 1. The Morgan fingerprint density at radius 1 is 1.18 bits per heavy atom. The van der Waals surface area contributed by atoms with Crippen LogP contribution in [0.1, 0.15) is 17.5 Å². The molecule has 1 aliphatic heterocycles. The Bertz CT molecular complexity index is 1500. The van der Waals surface area contributed by atoms with Crippen molar-refractivity contribution >= 4 is 23.2 Å². The van der Waals surface area contributed by atoms with E-state index >= 15 is 0 Å². The minimum Gasteiger partial charge on any atom is -0.508 e. The number of aromatic nitrogens is 3. The van der Waals surface area contributed by atoms with E-state index in [4.69, 9.17) is 10.5 Å². The topological polar surface area (TPSA) is 201 Å². The minimum atomic E-state index is -2.68. The van der Waals surface area contributed by atoms with Crippen LogP contribution >= 0.6 is 0 Å². The van der Waals surface area contributed by atoms with E-state index in [0.29, 0.717) is 43.1 Å². The van der Waals surface area contributed by atoms with Gasteiger partial charge in [-0.1, -0.05) is 5.21 Å². The highest BCUT2D eigenvalue weighted by atomic mass is 16.5. The number of fused-ring (bicyclic) bond motifs is 3. The fourth-order valence-electron chi connectivity index (χ4n) is 6.64. The number of carbonyl (C=O) groups excluding carboxylic acids is 3. The molecule has 1 aromatic carbocycles. The van der Waals surface area contributed by atoms with Gasteiger partial charge in [0.1, 0.15) is 28.5 Å². The van der Waals surface area contributed by atoms with Crippen molar-refractivity contribution in [1.82, 2.24) is 19.9 Å². The van der Waals surface area contributed by atoms with Crippen LogP contribution in [0.15, 0.2) is 35.2 Å². The number of nitrogens with two attached hydrogens (primary N) is 1. The van der Waals surface area contributed by atoms with E-state index in [9.17, 15) is 34.8 Å². The summed E-state index contributed by atoms with van der Waals surface area (Å²) in [5.41, 5.74) is 3.35. The minimum absolute atomic E-state index is 0.00927. The van der Waals surface area contributed by atoms with Gasteiger partial charge in [0.2, 0.25) is 5.78 Å². The molecule has 2 aromatic rings. The summed E-state index contributed by atoms with van der Waals surface area (Å²) in [6.07, 6.45) is 1.86. The summed E-state index contributed by atoms with van der Waals surface area (Å²) >= 11 is 0. The molecule has 6 N–H and O–H groups in total. The maximum Gasteiger partial charge on any atom is 0.255 e. The van der Waals surface area contributed by atoms with Crippen molar-refractivity contribution in [3.05, 3.63) is 46.4 Å². The number of benzene rings is 1. The van der Waals surface area contributed by atoms with E-state index in [0.717, 1.165) is 0 Å². The maximum atomic E-state index is 14.0. The van der Waals surface area contributed by atoms with Gasteiger partial charge in [0, 0.05) is 37.2 Å². The molecule has 0 spiro atoms. The number of hydrogen-bond donors (Lipinski definition) is 5. The summed E-state index contributed by atoms with van der Waals surface area (Å²) in [5.74, 6) is -6.84. The third kappa shape index (κ3) is 3.46. The van der Waals surface area contributed by atoms with Crippen LogP contribution in [0.5, 0.6) is 5.75 Å². The summed E-state index contributed by atoms with van der Waals surface area (Å²) in [6.45, 7) is 1.20. The van der Waals surface area contributed by atoms with Crippen LogP contribution in [0.4, 0.5) is 0 Å². The molecule has 0 radical (unpaired) electrons. The fourth-order valence-corrected chi connectivity index (χ4v) is 6.64. The molecule has 3 aliphatic carbocycles. The second-order valence-corrected chi connectivity index (χ2v) is 10.4. The molecule has 2 heterocycles. The number of rotatable bonds is 3. The first-order valence-corrected chi connectivity index (χ1v) is 12.6. The zero-order valence-corrected chi connectivity index (χ0v) is 21.0. The lowest BCUT2D eigenvalue weighted by Gasteiger charge is -2.51. The highest BCUT2D eigenvalue weighted by Crippen LogP contribution is 2.53. The van der Waals surface area contributed by atoms with Gasteiger partial charge in [0.15, 0.2) is 11.4 Å². The average molecular weight is 538 g/mol. The Balaban J connectivity index is 1.54. The van der Waals surface area contributed by atoms with Crippen molar-refractivity contribution in [2.24, 2.45) is 24.6 Å². The molecule has 13 nitrogen and oxygen atoms in total. The number of nitrogens with zero attached hydrogens (tertiary/aromatic N) is 4. The van der Waals surface area contributed by atoms with Crippen LogP contribution in [0, 0.1) is 11.8 Å². The van der Waals surface area contributed by atoms with Gasteiger partial charge in [-0.15, -0.1) is 5.10 Å². The number of ketones is 2. The summed E-state index contributed by atoms with van der Waals surface area (Å²) < 4.78 is 6.91. The van der Waals surface area contributed by atoms with Crippen LogP contribution < -0.4 is 5.73 Å². The molecule has 6 rings (SSSR count). The molecule has 1 saturated heterocycles. The van der Waals surface area contributed by atoms with Crippen LogP contribution in [-0.4, -0.2) is 95.7 Å². The number of amides is 1. The lowest BCUT2D eigenvalue weighted by molar-refractivity contribution is -0.157. The van der Waals surface area contributed by atoms with E-state index < -0.39 is 58.0 Å². The molecule has 204 valence electrons. The zero-order chi connectivity index (χ0) is 27.8. The number of ether oxygens (including phenoxy) is 1. The van der Waals surface area contributed by atoms with Crippen LogP contribution in [0.2, 0.25) is 0 Å². The molecule has 2 fully saturated rings. The number of Topliss-reactive ketones (excluding diaryl/α,β-unsaturated/α-hetero) is 2. The maximum absolute atomic E-state index is 14.0. The number of primary amides is 1. The Hall–Kier alpha value is -4.07. The van der Waals surface area contributed by atoms with Gasteiger partial charge < -0.3 is 30.9 Å². The molecule has 0 bridgehead atoms. The summed E-state index contributed by atoms with van der Waals surface area (Å²) in [7, 11) is 1.70. The quantitative estimate of drug-likeness (QED) is 0.317. The van der Waals surface area contributed by atoms with Crippen molar-refractivity contribution in [3.63, 3.8) is 0 Å². The van der Waals surface area contributed by atoms with Gasteiger partial charge >= 0.3 is 0 Å². The van der Waals surface area contributed by atoms with E-state index in [-0.39, 0.29) is 29.7 Å². The summed E-state index contributed by atoms with van der Waals surface area (Å²) in [5, 5.41) is 53.1. The van der Waals surface area contributed by atoms with Crippen molar-refractivity contribution < 1.29 is 39.5 Å². The van der Waals surface area contributed by atoms with Crippen LogP contribution in [0.3, 0.4) is 0 Å². The van der Waals surface area contributed by atoms with Crippen molar-refractivity contribution in [2.75, 3.05) is 26.3 Å². The lowest BCUT2D eigenvalue weighted by Crippen LogP contribution is -2.67. The Labute approximate surface area is 221 Å². The summed E-state index contributed by atoms with van der Waals surface area (Å²) in [6, 6.07) is 1.88. The van der Waals surface area contributed by atoms with Crippen LogP contribution in [-0.2, 0) is 32.6 Å². The number of carbonyl (C=O) groups is 3. The lowest BCUT2D eigenvalue weighted by atomic mass is 9.57. The highest BCUT2D eigenvalue weighted by molar-refractivity contribution is 6.24. The third-order valence-electron chi connectivity index (χ3n) is 8.37. The second kappa shape index (κ2) is 8.73. The predicted molar refractivity (Wildman–Crippen MR) is 133 cm³/mol. The van der Waals surface area contributed by atoms with Gasteiger partial charge in [-0.2, -0.15) is 0 Å². The first-order valence-electron chi connectivity index (χ1n) is 12.6. The molecule has 1 amide bonds. The number of phenolic OH excluding ortho intramolecular Hbond substituents is 1. The molecular weight excluding hydrogens is 510 g/mol. The predicted octanol–water partition coefficient (Wildman–Crippen LogP) is -0.470. The first-order chi connectivity index (χ1) is 18.6. The molecule has 4 atom stereocenters. The number of phenols is 1. The van der Waals surface area contributed by atoms with Crippen LogP contribution in [0.25, 0.3) is 17.0 Å². The Kier molecular flexibility index (Phi) is 5.64. The Morgan fingerprint density at radius 2 is 1.90 bits per heavy atom. The van der Waals surface area contributed by atoms with Gasteiger partial charge in [-0.25, -0.2) is 0 Å². The third-order valence-corrected chi connectivity index (χ3v) is 8.37. The molecule has 1 aromatic heterocycles. The molecule has 0 unspecified atom stereocenters. The Morgan fingerprint density at radius 3 is 2.54 bits per heavy atom. The van der Waals surface area contributed by atoms with E-state index in [1.54, 1.807) is 24.2 Å². The number of aliphatic hydroxyl groups excluding tert-OH is 2. The van der Waals surface area contributed by atoms with Gasteiger partial charge in [-0.05, 0) is 36.5 Å². The standard InChI is InChI=1S/C26H27N5O8/c1-30-10-15(28-29-30)12-2-3-16(32)18-13(12)8-11-9-14-20(31-4-6-39-7-5-31)22(34)19(25(27)37)24(36)26(14,38)23(35)17(11)21(18)33/h2-3,10-11,14,20,32-33,36,38H,4-9H2,1H3,(H2,27,37)/t11-,14-,20+,26-/m0/s1.